The van der Waals surface area contributed by atoms with Crippen LogP contribution in [0.3, 0.4) is 0 Å². The van der Waals surface area contributed by atoms with Crippen molar-refractivity contribution in [1.29, 1.82) is 0 Å². The molecule has 0 amide bonds. The van der Waals surface area contributed by atoms with Crippen molar-refractivity contribution in [3.63, 3.8) is 0 Å². The molecule has 1 aromatic heterocycles. The Hall–Kier alpha value is -0.520. The number of hydrogen-bond acceptors (Lipinski definition) is 5. The van der Waals surface area contributed by atoms with Crippen LogP contribution in [0.4, 0.5) is 5.82 Å². The summed E-state index contributed by atoms with van der Waals surface area (Å²) in [7, 11) is 0. The molecule has 0 radical (unpaired) electrons. The minimum atomic E-state index is 0.339. The maximum atomic E-state index is 5.88. The highest BCUT2D eigenvalue weighted by Gasteiger charge is 2.16. The van der Waals surface area contributed by atoms with Crippen molar-refractivity contribution >= 4 is 29.2 Å². The molecular weight excluding hydrogens is 234 g/mol. The molecule has 6 heteroatoms. The highest BCUT2D eigenvalue weighted by atomic mass is 35.5. The maximum Gasteiger partial charge on any atom is 0.190 e. The molecule has 0 aromatic carbocycles. The number of nitrogens with one attached hydrogen (secondary N) is 1. The fourth-order valence-electron chi connectivity index (χ4n) is 1.42. The van der Waals surface area contributed by atoms with Crippen molar-refractivity contribution in [2.75, 3.05) is 24.8 Å². The molecule has 82 valence electrons. The molecule has 1 unspecified atom stereocenters. The van der Waals surface area contributed by atoms with Crippen LogP contribution in [-0.2, 0) is 4.74 Å². The summed E-state index contributed by atoms with van der Waals surface area (Å²) in [5.41, 5.74) is 0. The third-order valence-electron chi connectivity index (χ3n) is 2.14. The number of aromatic nitrogens is 2. The smallest absolute Gasteiger partial charge is 0.190 e. The first kappa shape index (κ1) is 11.0. The van der Waals surface area contributed by atoms with Gasteiger partial charge in [0.05, 0.1) is 12.6 Å². The van der Waals surface area contributed by atoms with Crippen LogP contribution in [0.2, 0.25) is 5.15 Å². The summed E-state index contributed by atoms with van der Waals surface area (Å²) in [4.78, 5) is 8.39. The summed E-state index contributed by atoms with van der Waals surface area (Å²) < 4.78 is 5.27. The summed E-state index contributed by atoms with van der Waals surface area (Å²) in [5, 5.41) is 4.43. The van der Waals surface area contributed by atoms with Gasteiger partial charge in [0, 0.05) is 12.7 Å². The highest BCUT2D eigenvalue weighted by molar-refractivity contribution is 7.98. The van der Waals surface area contributed by atoms with E-state index in [0.29, 0.717) is 16.4 Å². The van der Waals surface area contributed by atoms with E-state index in [9.17, 15) is 0 Å². The van der Waals surface area contributed by atoms with E-state index in [4.69, 9.17) is 16.3 Å². The van der Waals surface area contributed by atoms with E-state index in [1.165, 1.54) is 11.8 Å². The van der Waals surface area contributed by atoms with Crippen LogP contribution in [0, 0.1) is 0 Å². The Morgan fingerprint density at radius 2 is 2.47 bits per heavy atom. The van der Waals surface area contributed by atoms with Crippen molar-refractivity contribution in [1.82, 2.24) is 9.97 Å². The monoisotopic (exact) mass is 245 g/mol. The predicted molar refractivity (Wildman–Crippen MR) is 61.7 cm³/mol. The molecule has 15 heavy (non-hydrogen) atoms. The van der Waals surface area contributed by atoms with Crippen molar-refractivity contribution in [2.24, 2.45) is 0 Å². The minimum Gasteiger partial charge on any atom is -0.379 e. The first-order valence-electron chi connectivity index (χ1n) is 4.71. The molecule has 1 N–H and O–H groups in total. The largest absolute Gasteiger partial charge is 0.379 e. The number of halogens is 1. The van der Waals surface area contributed by atoms with Gasteiger partial charge >= 0.3 is 0 Å². The van der Waals surface area contributed by atoms with Gasteiger partial charge in [-0.1, -0.05) is 23.4 Å². The third kappa shape index (κ3) is 2.96. The second-order valence-corrected chi connectivity index (χ2v) is 4.43. The van der Waals surface area contributed by atoms with E-state index in [1.54, 1.807) is 6.07 Å². The molecule has 0 spiro atoms. The summed E-state index contributed by atoms with van der Waals surface area (Å²) in [5.74, 6) is 0.773. The lowest BCUT2D eigenvalue weighted by Crippen LogP contribution is -2.19. The molecule has 1 saturated heterocycles. The standard InChI is InChI=1S/C9H12ClN3OS/c1-15-9-12-7(10)4-8(13-9)11-6-2-3-14-5-6/h4,6H,2-3,5H2,1H3,(H,11,12,13). The lowest BCUT2D eigenvalue weighted by atomic mass is 10.2. The zero-order chi connectivity index (χ0) is 10.7. The SMILES string of the molecule is CSc1nc(Cl)cc(NC2CCOC2)n1. The molecule has 1 aliphatic heterocycles. The molecular formula is C9H12ClN3OS. The van der Waals surface area contributed by atoms with Gasteiger partial charge in [-0.25, -0.2) is 9.97 Å². The van der Waals surface area contributed by atoms with E-state index in [2.05, 4.69) is 15.3 Å². The van der Waals surface area contributed by atoms with E-state index in [-0.39, 0.29) is 0 Å². The molecule has 2 heterocycles. The van der Waals surface area contributed by atoms with E-state index in [0.717, 1.165) is 25.5 Å². The molecule has 1 aromatic rings. The number of thioether (sulfide) groups is 1. The predicted octanol–water partition coefficient (Wildman–Crippen LogP) is 2.05. The second kappa shape index (κ2) is 5.01. The number of nitrogens with zero attached hydrogens (tertiary/aromatic N) is 2. The zero-order valence-corrected chi connectivity index (χ0v) is 9.94. The first-order chi connectivity index (χ1) is 7.28. The first-order valence-corrected chi connectivity index (χ1v) is 6.31. The molecule has 2 rings (SSSR count). The van der Waals surface area contributed by atoms with E-state index in [1.807, 2.05) is 6.26 Å². The molecule has 1 fully saturated rings. The molecule has 0 bridgehead atoms. The summed E-state index contributed by atoms with van der Waals surface area (Å²) in [6, 6.07) is 2.07. The van der Waals surface area contributed by atoms with Crippen LogP contribution < -0.4 is 5.32 Å². The highest BCUT2D eigenvalue weighted by Crippen LogP contribution is 2.19. The number of ether oxygens (including phenoxy) is 1. The number of anilines is 1. The van der Waals surface area contributed by atoms with E-state index >= 15 is 0 Å². The lowest BCUT2D eigenvalue weighted by molar-refractivity contribution is 0.195. The molecule has 1 atom stereocenters. The average Bonchev–Trinajstić information content (AvgIpc) is 2.69. The van der Waals surface area contributed by atoms with Crippen LogP contribution in [0.5, 0.6) is 0 Å². The van der Waals surface area contributed by atoms with Crippen LogP contribution in [0.15, 0.2) is 11.2 Å². The molecule has 1 aliphatic rings. The Bertz CT molecular complexity index is 344. The van der Waals surface area contributed by atoms with Crippen molar-refractivity contribution in [2.45, 2.75) is 17.6 Å². The van der Waals surface area contributed by atoms with Gasteiger partial charge in [0.15, 0.2) is 5.16 Å². The summed E-state index contributed by atoms with van der Waals surface area (Å²) in [6.07, 6.45) is 2.93. The normalized spacial score (nSPS) is 20.5. The van der Waals surface area contributed by atoms with Gasteiger partial charge in [-0.15, -0.1) is 0 Å². The van der Waals surface area contributed by atoms with Crippen LogP contribution >= 0.6 is 23.4 Å². The zero-order valence-electron chi connectivity index (χ0n) is 8.36. The van der Waals surface area contributed by atoms with Gasteiger partial charge in [-0.05, 0) is 12.7 Å². The Labute approximate surface area is 97.8 Å². The Kier molecular flexibility index (Phi) is 3.66. The molecule has 0 aliphatic carbocycles. The van der Waals surface area contributed by atoms with Crippen molar-refractivity contribution < 1.29 is 4.74 Å². The summed E-state index contributed by atoms with van der Waals surface area (Å²) in [6.45, 7) is 1.54. The second-order valence-electron chi connectivity index (χ2n) is 3.27. The van der Waals surface area contributed by atoms with Crippen LogP contribution in [0.1, 0.15) is 6.42 Å². The fraction of sp³-hybridized carbons (Fsp3) is 0.556. The minimum absolute atomic E-state index is 0.339. The van der Waals surface area contributed by atoms with Gasteiger partial charge < -0.3 is 10.1 Å². The Balaban J connectivity index is 2.09. The maximum absolute atomic E-state index is 5.88. The Morgan fingerprint density at radius 3 is 3.13 bits per heavy atom. The molecule has 0 saturated carbocycles. The quantitative estimate of drug-likeness (QED) is 0.502. The lowest BCUT2D eigenvalue weighted by Gasteiger charge is -2.11. The van der Waals surface area contributed by atoms with Gasteiger partial charge in [-0.2, -0.15) is 0 Å². The topological polar surface area (TPSA) is 47.0 Å². The average molecular weight is 246 g/mol. The van der Waals surface area contributed by atoms with Crippen LogP contribution in [-0.4, -0.2) is 35.5 Å². The van der Waals surface area contributed by atoms with Gasteiger partial charge in [-0.3, -0.25) is 0 Å². The van der Waals surface area contributed by atoms with Gasteiger partial charge in [0.1, 0.15) is 11.0 Å². The van der Waals surface area contributed by atoms with Gasteiger partial charge in [0.2, 0.25) is 0 Å². The third-order valence-corrected chi connectivity index (χ3v) is 2.88. The number of rotatable bonds is 3. The van der Waals surface area contributed by atoms with Crippen molar-refractivity contribution in [3.05, 3.63) is 11.2 Å². The Morgan fingerprint density at radius 1 is 1.60 bits per heavy atom. The van der Waals surface area contributed by atoms with Crippen LogP contribution in [0.25, 0.3) is 0 Å². The molecule has 4 nitrogen and oxygen atoms in total. The number of hydrogen-bond donors (Lipinski definition) is 1. The summed E-state index contributed by atoms with van der Waals surface area (Å²) >= 11 is 7.36. The van der Waals surface area contributed by atoms with E-state index < -0.39 is 0 Å². The fourth-order valence-corrected chi connectivity index (χ4v) is 2.03. The van der Waals surface area contributed by atoms with Crippen molar-refractivity contribution in [3.8, 4) is 0 Å². The van der Waals surface area contributed by atoms with Gasteiger partial charge in [0.25, 0.3) is 0 Å².